The first kappa shape index (κ1) is 22.2. The van der Waals surface area contributed by atoms with E-state index < -0.39 is 0 Å². The molecule has 2 saturated heterocycles. The number of hydrogen-bond acceptors (Lipinski definition) is 5. The van der Waals surface area contributed by atoms with Gasteiger partial charge in [0, 0.05) is 30.5 Å². The van der Waals surface area contributed by atoms with Crippen molar-refractivity contribution in [3.63, 3.8) is 0 Å². The fourth-order valence-electron chi connectivity index (χ4n) is 1.88. The Balaban J connectivity index is 0.000000319. The van der Waals surface area contributed by atoms with E-state index in [0.717, 1.165) is 26.1 Å². The van der Waals surface area contributed by atoms with E-state index in [1.165, 1.54) is 24.0 Å². The summed E-state index contributed by atoms with van der Waals surface area (Å²) < 4.78 is 10.7. The number of nitrogens with one attached hydrogen (secondary N) is 1. The summed E-state index contributed by atoms with van der Waals surface area (Å²) in [7, 11) is 0. The lowest BCUT2D eigenvalue weighted by molar-refractivity contribution is 0.0732. The molecule has 0 aromatic carbocycles. The van der Waals surface area contributed by atoms with Crippen molar-refractivity contribution < 1.29 is 9.47 Å². The van der Waals surface area contributed by atoms with E-state index in [1.807, 2.05) is 20.1 Å². The first-order valence-electron chi connectivity index (χ1n) is 7.66. The molecule has 0 spiro atoms. The fourth-order valence-corrected chi connectivity index (χ4v) is 2.25. The van der Waals surface area contributed by atoms with Gasteiger partial charge in [-0.15, -0.1) is 0 Å². The lowest BCUT2D eigenvalue weighted by Crippen LogP contribution is -2.13. The third-order valence-electron chi connectivity index (χ3n) is 2.72. The van der Waals surface area contributed by atoms with E-state index in [2.05, 4.69) is 16.5 Å². The van der Waals surface area contributed by atoms with Crippen LogP contribution in [0.3, 0.4) is 0 Å². The van der Waals surface area contributed by atoms with Crippen LogP contribution in [0.5, 0.6) is 0 Å². The highest BCUT2D eigenvalue weighted by atomic mass is 35.5. The minimum Gasteiger partial charge on any atom is -0.375 e. The predicted molar refractivity (Wildman–Crippen MR) is 97.4 cm³/mol. The second-order valence-corrected chi connectivity index (χ2v) is 5.96. The Morgan fingerprint density at radius 3 is 2.17 bits per heavy atom. The first-order valence-corrected chi connectivity index (χ1v) is 9.26. The maximum absolute atomic E-state index is 10.5. The van der Waals surface area contributed by atoms with Crippen LogP contribution in [0.2, 0.25) is 0 Å². The molecule has 1 aromatic heterocycles. The summed E-state index contributed by atoms with van der Waals surface area (Å²) in [6.07, 6.45) is 6.49. The van der Waals surface area contributed by atoms with Gasteiger partial charge in [-0.05, 0) is 26.0 Å². The Morgan fingerprint density at radius 2 is 1.83 bits per heavy atom. The number of rotatable bonds is 1. The topological polar surface area (TPSA) is 64.2 Å². The molecular formula is C16H27ClN2O3S. The summed E-state index contributed by atoms with van der Waals surface area (Å²) in [6.45, 7) is 10.9. The number of fused-ring (bicyclic) bond motifs is 1. The van der Waals surface area contributed by atoms with E-state index >= 15 is 0 Å². The van der Waals surface area contributed by atoms with E-state index in [1.54, 1.807) is 6.92 Å². The molecule has 2 aliphatic rings. The second kappa shape index (κ2) is 13.6. The number of allylic oxidation sites excluding steroid dienone is 1. The Hall–Kier alpha value is -0.820. The summed E-state index contributed by atoms with van der Waals surface area (Å²) in [5.74, 6) is 0. The number of aromatic amines is 1. The predicted octanol–water partition coefficient (Wildman–Crippen LogP) is 3.84. The van der Waals surface area contributed by atoms with Crippen LogP contribution in [0, 0.1) is 0 Å². The molecular weight excluding hydrogens is 336 g/mol. The smallest absolute Gasteiger partial charge is 0.251 e. The summed E-state index contributed by atoms with van der Waals surface area (Å²) in [6, 6.07) is 1.39. The number of aromatic nitrogens is 2. The van der Waals surface area contributed by atoms with Crippen LogP contribution in [-0.4, -0.2) is 41.6 Å². The zero-order valence-corrected chi connectivity index (χ0v) is 15.9. The molecule has 0 amide bonds. The third kappa shape index (κ3) is 10.5. The Morgan fingerprint density at radius 1 is 1.35 bits per heavy atom. The van der Waals surface area contributed by atoms with Gasteiger partial charge in [-0.25, -0.2) is 4.98 Å². The van der Waals surface area contributed by atoms with Gasteiger partial charge in [-0.1, -0.05) is 43.8 Å². The number of nitrogens with zero attached hydrogens (tertiary/aromatic N) is 1. The van der Waals surface area contributed by atoms with Crippen molar-refractivity contribution >= 4 is 23.4 Å². The van der Waals surface area contributed by atoms with E-state index in [4.69, 9.17) is 21.1 Å². The van der Waals surface area contributed by atoms with Crippen LogP contribution in [0.15, 0.2) is 33.8 Å². The highest BCUT2D eigenvalue weighted by Gasteiger charge is 2.33. The molecule has 1 aromatic rings. The van der Waals surface area contributed by atoms with E-state index in [0.29, 0.717) is 22.4 Å². The molecule has 0 bridgehead atoms. The van der Waals surface area contributed by atoms with Gasteiger partial charge < -0.3 is 14.5 Å². The van der Waals surface area contributed by atoms with Crippen LogP contribution in [0.25, 0.3) is 0 Å². The highest BCUT2D eigenvalue weighted by molar-refractivity contribution is 7.98. The van der Waals surface area contributed by atoms with Gasteiger partial charge in [-0.2, -0.15) is 0 Å². The minimum absolute atomic E-state index is 0.102. The summed E-state index contributed by atoms with van der Waals surface area (Å²) in [5, 5.41) is 1.29. The molecule has 5 nitrogen and oxygen atoms in total. The van der Waals surface area contributed by atoms with Crippen molar-refractivity contribution in [1.29, 1.82) is 0 Å². The van der Waals surface area contributed by atoms with Gasteiger partial charge in [0.25, 0.3) is 5.56 Å². The molecule has 23 heavy (non-hydrogen) atoms. The first-order chi connectivity index (χ1) is 11.0. The maximum atomic E-state index is 10.5. The van der Waals surface area contributed by atoms with Gasteiger partial charge >= 0.3 is 0 Å². The van der Waals surface area contributed by atoms with Crippen molar-refractivity contribution in [2.45, 2.75) is 51.0 Å². The number of thioether (sulfide) groups is 1. The van der Waals surface area contributed by atoms with E-state index in [9.17, 15) is 4.79 Å². The van der Waals surface area contributed by atoms with Crippen molar-refractivity contribution in [1.82, 2.24) is 9.97 Å². The molecule has 2 aliphatic heterocycles. The third-order valence-corrected chi connectivity index (χ3v) is 3.32. The summed E-state index contributed by atoms with van der Waals surface area (Å²) in [5.41, 5.74) is -0.102. The van der Waals surface area contributed by atoms with E-state index in [-0.39, 0.29) is 5.56 Å². The number of ether oxygens (including phenoxy) is 2. The SMILES string of the molecule is C1C[C@H]2OCC[C@H]2O1.C=C(C)Cl.CC.CSc1nccc(=O)[nH]1. The van der Waals surface area contributed by atoms with Gasteiger partial charge in [0.05, 0.1) is 12.2 Å². The van der Waals surface area contributed by atoms with Crippen LogP contribution in [0.1, 0.15) is 33.6 Å². The number of H-pyrrole nitrogens is 1. The Kier molecular flexibility index (Phi) is 13.1. The lowest BCUT2D eigenvalue weighted by atomic mass is 10.2. The molecule has 2 fully saturated rings. The van der Waals surface area contributed by atoms with Gasteiger partial charge in [0.15, 0.2) is 5.16 Å². The van der Waals surface area contributed by atoms with Crippen LogP contribution in [-0.2, 0) is 9.47 Å². The molecule has 0 aliphatic carbocycles. The Labute approximate surface area is 147 Å². The normalized spacial score (nSPS) is 20.7. The van der Waals surface area contributed by atoms with Crippen LogP contribution < -0.4 is 5.56 Å². The molecule has 2 atom stereocenters. The quantitative estimate of drug-likeness (QED) is 0.607. The average Bonchev–Trinajstić information content (AvgIpc) is 3.13. The maximum Gasteiger partial charge on any atom is 0.251 e. The van der Waals surface area contributed by atoms with Crippen molar-refractivity contribution in [3.05, 3.63) is 34.2 Å². The van der Waals surface area contributed by atoms with Crippen molar-refractivity contribution in [3.8, 4) is 0 Å². The standard InChI is InChI=1S/C6H10O2.C5H6N2OS.C3H5Cl.C2H6/c1-3-7-6-2-4-8-5(1)6;1-9-5-6-3-2-4(8)7-5;1-3(2)4;1-2/h5-6H,1-4H2;2-3H,1H3,(H,6,7,8);1H2,2H3;1-2H3/t5-,6-;;;/m1.../s1. The molecule has 1 N–H and O–H groups in total. The molecule has 132 valence electrons. The number of halogens is 1. The number of hydrogen-bond donors (Lipinski definition) is 1. The Bertz CT molecular complexity index is 472. The molecule has 0 radical (unpaired) electrons. The van der Waals surface area contributed by atoms with Gasteiger partial charge in [-0.3, -0.25) is 4.79 Å². The van der Waals surface area contributed by atoms with Gasteiger partial charge in [0.2, 0.25) is 0 Å². The zero-order valence-electron chi connectivity index (χ0n) is 14.3. The zero-order chi connectivity index (χ0) is 17.7. The second-order valence-electron chi connectivity index (χ2n) is 4.52. The lowest BCUT2D eigenvalue weighted by Gasteiger charge is -2.03. The summed E-state index contributed by atoms with van der Waals surface area (Å²) >= 11 is 6.50. The van der Waals surface area contributed by atoms with Gasteiger partial charge in [0.1, 0.15) is 0 Å². The largest absolute Gasteiger partial charge is 0.375 e. The van der Waals surface area contributed by atoms with Crippen molar-refractivity contribution in [2.24, 2.45) is 0 Å². The monoisotopic (exact) mass is 362 g/mol. The molecule has 3 heterocycles. The molecule has 0 saturated carbocycles. The highest BCUT2D eigenvalue weighted by Crippen LogP contribution is 2.25. The molecule has 0 unspecified atom stereocenters. The van der Waals surface area contributed by atoms with Crippen LogP contribution in [0.4, 0.5) is 0 Å². The summed E-state index contributed by atoms with van der Waals surface area (Å²) in [4.78, 5) is 17.0. The average molecular weight is 363 g/mol. The molecule has 7 heteroatoms. The van der Waals surface area contributed by atoms with Crippen molar-refractivity contribution in [2.75, 3.05) is 19.5 Å². The van der Waals surface area contributed by atoms with Crippen LogP contribution >= 0.6 is 23.4 Å². The fraction of sp³-hybridized carbons (Fsp3) is 0.625. The molecule has 3 rings (SSSR count). The minimum atomic E-state index is -0.102.